The number of nitrogens with two attached hydrogens (primary N) is 1. The topological polar surface area (TPSA) is 104 Å². The summed E-state index contributed by atoms with van der Waals surface area (Å²) in [6.07, 6.45) is 1.02. The highest BCUT2D eigenvalue weighted by Crippen LogP contribution is 2.18. The van der Waals surface area contributed by atoms with Crippen molar-refractivity contribution in [2.75, 3.05) is 12.3 Å². The lowest BCUT2D eigenvalue weighted by Gasteiger charge is -2.00. The predicted octanol–water partition coefficient (Wildman–Crippen LogP) is 0.366. The third-order valence-electron chi connectivity index (χ3n) is 1.25. The van der Waals surface area contributed by atoms with E-state index in [1.807, 2.05) is 0 Å². The zero-order valence-electron chi connectivity index (χ0n) is 6.93. The van der Waals surface area contributed by atoms with Crippen molar-refractivity contribution in [2.24, 2.45) is 0 Å². The van der Waals surface area contributed by atoms with Gasteiger partial charge in [-0.05, 0) is 6.92 Å². The largest absolute Gasteiger partial charge is 0.464 e. The molecule has 0 radical (unpaired) electrons. The van der Waals surface area contributed by atoms with Gasteiger partial charge in [0, 0.05) is 0 Å². The number of anilines is 1. The van der Waals surface area contributed by atoms with Crippen molar-refractivity contribution in [1.29, 1.82) is 0 Å². The van der Waals surface area contributed by atoms with Gasteiger partial charge < -0.3 is 10.5 Å². The standard InChI is InChI=1S/C6H8N4O3/c1-2-13-6-8-3-4(10(11)12)5(7)9-6/h3H,2H2,1H3,(H2,7,8,9). The molecule has 2 N–H and O–H groups in total. The van der Waals surface area contributed by atoms with Gasteiger partial charge in [-0.3, -0.25) is 10.1 Å². The van der Waals surface area contributed by atoms with Crippen molar-refractivity contribution < 1.29 is 9.66 Å². The van der Waals surface area contributed by atoms with Crippen molar-refractivity contribution in [1.82, 2.24) is 9.97 Å². The van der Waals surface area contributed by atoms with Crippen LogP contribution in [-0.4, -0.2) is 21.5 Å². The lowest BCUT2D eigenvalue weighted by Crippen LogP contribution is -2.03. The number of rotatable bonds is 3. The Hall–Kier alpha value is -1.92. The number of hydrogen-bond acceptors (Lipinski definition) is 6. The van der Waals surface area contributed by atoms with Crippen LogP contribution in [0.15, 0.2) is 6.20 Å². The molecule has 0 unspecified atom stereocenters. The number of nitrogen functional groups attached to an aromatic ring is 1. The van der Waals surface area contributed by atoms with E-state index in [0.29, 0.717) is 6.61 Å². The van der Waals surface area contributed by atoms with Crippen LogP contribution in [0.25, 0.3) is 0 Å². The van der Waals surface area contributed by atoms with Gasteiger partial charge in [-0.1, -0.05) is 0 Å². The molecule has 0 bridgehead atoms. The molecule has 1 aromatic heterocycles. The van der Waals surface area contributed by atoms with Gasteiger partial charge in [0.05, 0.1) is 11.5 Å². The summed E-state index contributed by atoms with van der Waals surface area (Å²) < 4.78 is 4.90. The minimum absolute atomic E-state index is 0.0469. The van der Waals surface area contributed by atoms with Crippen LogP contribution in [0.4, 0.5) is 11.5 Å². The Bertz CT molecular complexity index is 328. The molecular formula is C6H8N4O3. The van der Waals surface area contributed by atoms with Crippen LogP contribution >= 0.6 is 0 Å². The average Bonchev–Trinajstić information content (AvgIpc) is 2.04. The monoisotopic (exact) mass is 184 g/mol. The maximum Gasteiger partial charge on any atom is 0.329 e. The molecule has 0 aromatic carbocycles. The van der Waals surface area contributed by atoms with E-state index in [4.69, 9.17) is 10.5 Å². The molecule has 0 atom stereocenters. The summed E-state index contributed by atoms with van der Waals surface area (Å²) in [4.78, 5) is 16.8. The van der Waals surface area contributed by atoms with Crippen molar-refractivity contribution in [3.63, 3.8) is 0 Å². The van der Waals surface area contributed by atoms with Gasteiger partial charge in [-0.2, -0.15) is 9.97 Å². The molecule has 0 spiro atoms. The first-order valence-corrected chi connectivity index (χ1v) is 3.55. The quantitative estimate of drug-likeness (QED) is 0.537. The van der Waals surface area contributed by atoms with Crippen molar-refractivity contribution >= 4 is 11.5 Å². The molecule has 0 amide bonds. The molecule has 0 aliphatic carbocycles. The summed E-state index contributed by atoms with van der Waals surface area (Å²) in [7, 11) is 0. The molecular weight excluding hydrogens is 176 g/mol. The van der Waals surface area contributed by atoms with Gasteiger partial charge in [0.25, 0.3) is 0 Å². The predicted molar refractivity (Wildman–Crippen MR) is 44.3 cm³/mol. The van der Waals surface area contributed by atoms with E-state index in [0.717, 1.165) is 6.20 Å². The van der Waals surface area contributed by atoms with Crippen LogP contribution in [0.1, 0.15) is 6.92 Å². The number of ether oxygens (including phenoxy) is 1. The first-order chi connectivity index (χ1) is 6.15. The second-order valence-electron chi connectivity index (χ2n) is 2.11. The van der Waals surface area contributed by atoms with Gasteiger partial charge in [-0.15, -0.1) is 0 Å². The summed E-state index contributed by atoms with van der Waals surface area (Å²) in [5.41, 5.74) is 4.96. The molecule has 0 aliphatic heterocycles. The van der Waals surface area contributed by atoms with E-state index in [-0.39, 0.29) is 17.5 Å². The van der Waals surface area contributed by atoms with Gasteiger partial charge in [0.15, 0.2) is 0 Å². The summed E-state index contributed by atoms with van der Waals surface area (Å²) >= 11 is 0. The highest BCUT2D eigenvalue weighted by Gasteiger charge is 2.14. The Labute approximate surface area is 73.7 Å². The van der Waals surface area contributed by atoms with E-state index >= 15 is 0 Å². The lowest BCUT2D eigenvalue weighted by atomic mass is 10.5. The van der Waals surface area contributed by atoms with Crippen LogP contribution < -0.4 is 10.5 Å². The molecule has 70 valence electrons. The third-order valence-corrected chi connectivity index (χ3v) is 1.25. The van der Waals surface area contributed by atoms with Crippen LogP contribution in [-0.2, 0) is 0 Å². The molecule has 1 rings (SSSR count). The second kappa shape index (κ2) is 3.65. The van der Waals surface area contributed by atoms with E-state index in [9.17, 15) is 10.1 Å². The molecule has 0 fully saturated rings. The van der Waals surface area contributed by atoms with Crippen LogP contribution in [0.5, 0.6) is 6.01 Å². The van der Waals surface area contributed by atoms with E-state index in [1.54, 1.807) is 6.92 Å². The average molecular weight is 184 g/mol. The Morgan fingerprint density at radius 1 is 1.77 bits per heavy atom. The smallest absolute Gasteiger partial charge is 0.329 e. The summed E-state index contributed by atoms with van der Waals surface area (Å²) in [6.45, 7) is 2.14. The van der Waals surface area contributed by atoms with E-state index in [1.165, 1.54) is 0 Å². The summed E-state index contributed by atoms with van der Waals surface area (Å²) in [5.74, 6) is -0.191. The highest BCUT2D eigenvalue weighted by atomic mass is 16.6. The van der Waals surface area contributed by atoms with Crippen molar-refractivity contribution in [3.05, 3.63) is 16.3 Å². The SMILES string of the molecule is CCOc1ncc([N+](=O)[O-])c(N)n1. The summed E-state index contributed by atoms with van der Waals surface area (Å²) in [5, 5.41) is 10.3. The number of hydrogen-bond donors (Lipinski definition) is 1. The van der Waals surface area contributed by atoms with Crippen molar-refractivity contribution in [3.8, 4) is 6.01 Å². The Kier molecular flexibility index (Phi) is 2.58. The fourth-order valence-electron chi connectivity index (χ4n) is 0.711. The number of aromatic nitrogens is 2. The Morgan fingerprint density at radius 2 is 2.46 bits per heavy atom. The minimum atomic E-state index is -0.648. The van der Waals surface area contributed by atoms with Gasteiger partial charge in [0.2, 0.25) is 5.82 Å². The molecule has 0 saturated heterocycles. The molecule has 0 saturated carbocycles. The fraction of sp³-hybridized carbons (Fsp3) is 0.333. The van der Waals surface area contributed by atoms with Gasteiger partial charge in [-0.25, -0.2) is 0 Å². The maximum atomic E-state index is 10.3. The zero-order chi connectivity index (χ0) is 9.84. The summed E-state index contributed by atoms with van der Waals surface area (Å²) in [6, 6.07) is 0.0469. The van der Waals surface area contributed by atoms with Crippen LogP contribution in [0, 0.1) is 10.1 Å². The first-order valence-electron chi connectivity index (χ1n) is 3.55. The van der Waals surface area contributed by atoms with Gasteiger partial charge >= 0.3 is 11.7 Å². The first kappa shape index (κ1) is 9.17. The maximum absolute atomic E-state index is 10.3. The van der Waals surface area contributed by atoms with Crippen LogP contribution in [0.3, 0.4) is 0 Å². The lowest BCUT2D eigenvalue weighted by molar-refractivity contribution is -0.384. The third kappa shape index (κ3) is 2.01. The van der Waals surface area contributed by atoms with Crippen LogP contribution in [0.2, 0.25) is 0 Å². The number of nitrogens with zero attached hydrogens (tertiary/aromatic N) is 3. The Balaban J connectivity index is 2.98. The molecule has 0 aliphatic rings. The van der Waals surface area contributed by atoms with Gasteiger partial charge in [0.1, 0.15) is 6.20 Å². The minimum Gasteiger partial charge on any atom is -0.464 e. The molecule has 7 nitrogen and oxygen atoms in total. The van der Waals surface area contributed by atoms with E-state index < -0.39 is 4.92 Å². The number of nitro groups is 1. The molecule has 7 heteroatoms. The zero-order valence-corrected chi connectivity index (χ0v) is 6.93. The normalized spacial score (nSPS) is 9.62. The van der Waals surface area contributed by atoms with Crippen molar-refractivity contribution in [2.45, 2.75) is 6.92 Å². The second-order valence-corrected chi connectivity index (χ2v) is 2.11. The Morgan fingerprint density at radius 3 is 2.92 bits per heavy atom. The fourth-order valence-corrected chi connectivity index (χ4v) is 0.711. The molecule has 1 aromatic rings. The molecule has 1 heterocycles. The highest BCUT2D eigenvalue weighted by molar-refractivity contribution is 5.50. The molecule has 13 heavy (non-hydrogen) atoms. The van der Waals surface area contributed by atoms with E-state index in [2.05, 4.69) is 9.97 Å².